The minimum Gasteiger partial charge on any atom is -0.507 e. The predicted molar refractivity (Wildman–Crippen MR) is 107 cm³/mol. The average Bonchev–Trinajstić information content (AvgIpc) is 2.77. The van der Waals surface area contributed by atoms with E-state index in [9.17, 15) is 45.6 Å². The summed E-state index contributed by atoms with van der Waals surface area (Å²) in [7, 11) is 0. The molecule has 2 aliphatic heterocycles. The number of aliphatic hydroxyl groups is 7. The van der Waals surface area contributed by atoms with Crippen LogP contribution in [-0.4, -0.2) is 127 Å². The Balaban J connectivity index is 1.70. The second-order valence-corrected chi connectivity index (χ2v) is 8.10. The highest BCUT2D eigenvalue weighted by atomic mass is 16.7. The van der Waals surface area contributed by atoms with E-state index in [2.05, 4.69) is 0 Å². The van der Waals surface area contributed by atoms with Gasteiger partial charge in [0.25, 0.3) is 0 Å². The largest absolute Gasteiger partial charge is 0.507 e. The lowest BCUT2D eigenvalue weighted by atomic mass is 9.98. The van der Waals surface area contributed by atoms with Gasteiger partial charge < -0.3 is 64.9 Å². The Bertz CT molecular complexity index is 839. The summed E-state index contributed by atoms with van der Waals surface area (Å²) in [5.41, 5.74) is -0.199. The Labute approximate surface area is 192 Å². The Hall–Kier alpha value is -2.11. The molecule has 34 heavy (non-hydrogen) atoms. The summed E-state index contributed by atoms with van der Waals surface area (Å²) < 4.78 is 21.4. The molecule has 1 aromatic rings. The van der Waals surface area contributed by atoms with E-state index in [1.54, 1.807) is 0 Å². The highest BCUT2D eigenvalue weighted by Crippen LogP contribution is 2.31. The van der Waals surface area contributed by atoms with Crippen molar-refractivity contribution in [3.8, 4) is 11.5 Å². The SMILES string of the molecule is Cc1cc(OC2OC(COC3OC(CO)C(O)[C@H](O)C3O)C(O)[C@H](O)C2O)cc(O)c1C(=O)O. The number of carboxylic acid groups (broad SMARTS) is 1. The number of carbonyl (C=O) groups is 1. The number of benzene rings is 1. The number of rotatable bonds is 7. The highest BCUT2D eigenvalue weighted by Gasteiger charge is 2.47. The number of aromatic hydroxyl groups is 1. The van der Waals surface area contributed by atoms with Gasteiger partial charge in [0.05, 0.1) is 13.2 Å². The van der Waals surface area contributed by atoms with Crippen LogP contribution in [0.5, 0.6) is 11.5 Å². The van der Waals surface area contributed by atoms with Gasteiger partial charge >= 0.3 is 5.97 Å². The Morgan fingerprint density at radius 2 is 1.44 bits per heavy atom. The van der Waals surface area contributed by atoms with E-state index in [4.69, 9.17) is 24.1 Å². The van der Waals surface area contributed by atoms with Crippen LogP contribution >= 0.6 is 0 Å². The molecule has 192 valence electrons. The molecule has 1 aromatic carbocycles. The van der Waals surface area contributed by atoms with E-state index in [1.165, 1.54) is 13.0 Å². The first-order valence-electron chi connectivity index (χ1n) is 10.3. The van der Waals surface area contributed by atoms with Crippen LogP contribution in [0.1, 0.15) is 15.9 Å². The Morgan fingerprint density at radius 3 is 2.00 bits per heavy atom. The third-order valence-electron chi connectivity index (χ3n) is 5.70. The van der Waals surface area contributed by atoms with Gasteiger partial charge in [-0.15, -0.1) is 0 Å². The molecule has 2 aliphatic rings. The van der Waals surface area contributed by atoms with Crippen LogP contribution in [-0.2, 0) is 14.2 Å². The van der Waals surface area contributed by atoms with E-state index in [-0.39, 0.29) is 16.9 Å². The second kappa shape index (κ2) is 10.7. The zero-order valence-electron chi connectivity index (χ0n) is 17.9. The standard InChI is InChI=1S/C20H28O14/c1-6-2-7(3-8(22)11(6)18(29)30)32-20-17(28)15(26)13(24)10(34-20)5-31-19-16(27)14(25)12(23)9(4-21)33-19/h2-3,9-10,12-17,19-28H,4-5H2,1H3,(H,29,30)/t9?,10?,12?,13?,14-,15-,16?,17?,19?,20?/m0/s1. The number of aliphatic hydroxyl groups excluding tert-OH is 7. The van der Waals surface area contributed by atoms with Gasteiger partial charge in [0.15, 0.2) is 6.29 Å². The highest BCUT2D eigenvalue weighted by molar-refractivity contribution is 5.92. The Kier molecular flexibility index (Phi) is 8.30. The number of hydrogen-bond donors (Lipinski definition) is 9. The maximum absolute atomic E-state index is 11.2. The van der Waals surface area contributed by atoms with Crippen LogP contribution in [0.3, 0.4) is 0 Å². The third-order valence-corrected chi connectivity index (χ3v) is 5.70. The minimum atomic E-state index is -1.77. The normalized spacial score (nSPS) is 38.5. The van der Waals surface area contributed by atoms with Crippen molar-refractivity contribution in [2.24, 2.45) is 0 Å². The van der Waals surface area contributed by atoms with E-state index < -0.39 is 86.3 Å². The zero-order chi connectivity index (χ0) is 25.3. The molecule has 14 nitrogen and oxygen atoms in total. The monoisotopic (exact) mass is 492 g/mol. The first-order valence-corrected chi connectivity index (χ1v) is 10.3. The lowest BCUT2D eigenvalue weighted by molar-refractivity contribution is -0.323. The number of aromatic carboxylic acids is 1. The van der Waals surface area contributed by atoms with Crippen LogP contribution in [0.4, 0.5) is 0 Å². The molecule has 8 unspecified atom stereocenters. The van der Waals surface area contributed by atoms with Crippen molar-refractivity contribution >= 4 is 5.97 Å². The predicted octanol–water partition coefficient (Wildman–Crippen LogP) is -3.60. The fourth-order valence-corrected chi connectivity index (χ4v) is 3.76. The van der Waals surface area contributed by atoms with Gasteiger partial charge in [-0.2, -0.15) is 0 Å². The molecule has 14 heteroatoms. The van der Waals surface area contributed by atoms with E-state index >= 15 is 0 Å². The molecular formula is C20H28O14. The van der Waals surface area contributed by atoms with Gasteiger partial charge in [0.1, 0.15) is 65.9 Å². The summed E-state index contributed by atoms with van der Waals surface area (Å²) in [5.74, 6) is -2.06. The number of aryl methyl sites for hydroxylation is 1. The van der Waals surface area contributed by atoms with Gasteiger partial charge in [-0.1, -0.05) is 0 Å². The molecule has 0 radical (unpaired) electrons. The average molecular weight is 492 g/mol. The van der Waals surface area contributed by atoms with Crippen LogP contribution in [0, 0.1) is 6.92 Å². The number of hydrogen-bond acceptors (Lipinski definition) is 13. The lowest BCUT2D eigenvalue weighted by Crippen LogP contribution is -2.62. The van der Waals surface area contributed by atoms with Crippen molar-refractivity contribution in [1.29, 1.82) is 0 Å². The number of ether oxygens (including phenoxy) is 4. The van der Waals surface area contributed by atoms with E-state index in [1.807, 2.05) is 0 Å². The Morgan fingerprint density at radius 1 is 0.882 bits per heavy atom. The summed E-state index contributed by atoms with van der Waals surface area (Å²) in [5, 5.41) is 88.7. The maximum atomic E-state index is 11.2. The quantitative estimate of drug-likeness (QED) is 0.179. The summed E-state index contributed by atoms with van der Waals surface area (Å²) in [6.45, 7) is 0.181. The van der Waals surface area contributed by atoms with E-state index in [0.29, 0.717) is 0 Å². The van der Waals surface area contributed by atoms with Crippen LogP contribution in [0.15, 0.2) is 12.1 Å². The number of phenols is 1. The molecule has 10 atom stereocenters. The third kappa shape index (κ3) is 5.26. The fraction of sp³-hybridized carbons (Fsp3) is 0.650. The molecule has 0 bridgehead atoms. The van der Waals surface area contributed by atoms with Gasteiger partial charge in [-0.3, -0.25) is 0 Å². The first-order chi connectivity index (χ1) is 16.0. The van der Waals surface area contributed by atoms with Crippen molar-refractivity contribution in [3.05, 3.63) is 23.3 Å². The van der Waals surface area contributed by atoms with Gasteiger partial charge in [-0.05, 0) is 18.6 Å². The van der Waals surface area contributed by atoms with Crippen molar-refractivity contribution in [2.75, 3.05) is 13.2 Å². The van der Waals surface area contributed by atoms with Crippen LogP contribution < -0.4 is 4.74 Å². The number of carboxylic acids is 1. The molecule has 0 aromatic heterocycles. The van der Waals surface area contributed by atoms with Crippen LogP contribution in [0.2, 0.25) is 0 Å². The molecule has 3 rings (SSSR count). The molecule has 2 saturated heterocycles. The molecule has 0 spiro atoms. The van der Waals surface area contributed by atoms with Crippen molar-refractivity contribution in [1.82, 2.24) is 0 Å². The topological polar surface area (TPSA) is 236 Å². The molecular weight excluding hydrogens is 464 g/mol. The van der Waals surface area contributed by atoms with Crippen molar-refractivity contribution < 1.29 is 69.7 Å². The van der Waals surface area contributed by atoms with Gasteiger partial charge in [0.2, 0.25) is 6.29 Å². The zero-order valence-corrected chi connectivity index (χ0v) is 17.9. The first kappa shape index (κ1) is 26.5. The summed E-state index contributed by atoms with van der Waals surface area (Å²) in [6.07, 6.45) is -15.9. The van der Waals surface area contributed by atoms with E-state index in [0.717, 1.165) is 6.07 Å². The smallest absolute Gasteiger partial charge is 0.339 e. The molecule has 9 N–H and O–H groups in total. The second-order valence-electron chi connectivity index (χ2n) is 8.10. The summed E-state index contributed by atoms with van der Waals surface area (Å²) in [6, 6.07) is 2.24. The van der Waals surface area contributed by atoms with Crippen molar-refractivity contribution in [2.45, 2.75) is 68.3 Å². The maximum Gasteiger partial charge on any atom is 0.339 e. The minimum absolute atomic E-state index is 0.0961. The van der Waals surface area contributed by atoms with Gasteiger partial charge in [0, 0.05) is 6.07 Å². The van der Waals surface area contributed by atoms with Crippen LogP contribution in [0.25, 0.3) is 0 Å². The fourth-order valence-electron chi connectivity index (χ4n) is 3.76. The molecule has 0 amide bonds. The lowest BCUT2D eigenvalue weighted by Gasteiger charge is -2.42. The van der Waals surface area contributed by atoms with Gasteiger partial charge in [-0.25, -0.2) is 4.79 Å². The molecule has 2 fully saturated rings. The summed E-state index contributed by atoms with van der Waals surface area (Å²) >= 11 is 0. The molecule has 2 heterocycles. The summed E-state index contributed by atoms with van der Waals surface area (Å²) in [4.78, 5) is 11.2. The molecule has 0 saturated carbocycles. The van der Waals surface area contributed by atoms with Crippen molar-refractivity contribution in [3.63, 3.8) is 0 Å². The molecule has 0 aliphatic carbocycles.